The molecule has 1 saturated heterocycles. The van der Waals surface area contributed by atoms with Crippen LogP contribution in [0.4, 0.5) is 0 Å². The molecule has 1 heterocycles. The van der Waals surface area contributed by atoms with E-state index in [1.54, 1.807) is 5.56 Å². The Balaban J connectivity index is 1.62. The van der Waals surface area contributed by atoms with Crippen LogP contribution in [0.3, 0.4) is 0 Å². The van der Waals surface area contributed by atoms with Crippen molar-refractivity contribution in [3.8, 4) is 0 Å². The lowest BCUT2D eigenvalue weighted by atomic mass is 9.48. The second-order valence-electron chi connectivity index (χ2n) is 12.0. The first-order chi connectivity index (χ1) is 13.5. The van der Waals surface area contributed by atoms with Gasteiger partial charge in [0.1, 0.15) is 0 Å². The lowest BCUT2D eigenvalue weighted by Crippen LogP contribution is -2.58. The van der Waals surface area contributed by atoms with E-state index < -0.39 is 0 Å². The Hall–Kier alpha value is -0.930. The highest BCUT2D eigenvalue weighted by Gasteiger charge is 2.54. The maximum Gasteiger partial charge on any atom is 0.0816 e. The molecule has 0 amide bonds. The summed E-state index contributed by atoms with van der Waals surface area (Å²) in [6.45, 7) is 14.1. The number of likely N-dealkylation sites (tertiary alicyclic amines) is 1. The Labute approximate surface area is 183 Å². The first kappa shape index (κ1) is 21.3. The van der Waals surface area contributed by atoms with Gasteiger partial charge in [0.15, 0.2) is 0 Å². The number of piperidine rings is 1. The van der Waals surface area contributed by atoms with Crippen LogP contribution in [-0.2, 0) is 5.41 Å². The van der Waals surface area contributed by atoms with E-state index >= 15 is 0 Å². The van der Waals surface area contributed by atoms with Gasteiger partial charge in [-0.05, 0) is 65.7 Å². The number of rotatable bonds is 2. The molecule has 1 aliphatic heterocycles. The van der Waals surface area contributed by atoms with Gasteiger partial charge in [-0.25, -0.2) is 0 Å². The minimum atomic E-state index is 0.139. The van der Waals surface area contributed by atoms with E-state index in [4.69, 9.17) is 18.0 Å². The summed E-state index contributed by atoms with van der Waals surface area (Å²) in [5.74, 6) is 1.86. The standard InChI is InChI=1S/C26H40N2S/c1-18-13-26(20-9-7-6-8-10-20)15-19(14-24(2,3)16-26)22(18)23(29)28-12-11-21(27)25(4,5)17-28/h6-10,18-19,21-22H,11-17,27H2,1-5H3. The minimum Gasteiger partial charge on any atom is -0.365 e. The fourth-order valence-electron chi connectivity index (χ4n) is 7.31. The average molecular weight is 413 g/mol. The van der Waals surface area contributed by atoms with Crippen LogP contribution in [0.15, 0.2) is 30.3 Å². The van der Waals surface area contributed by atoms with Crippen molar-refractivity contribution >= 4 is 17.2 Å². The summed E-state index contributed by atoms with van der Waals surface area (Å²) in [7, 11) is 0. The highest BCUT2D eigenvalue weighted by atomic mass is 32.1. The number of fused-ring (bicyclic) bond motifs is 2. The molecule has 2 saturated carbocycles. The smallest absolute Gasteiger partial charge is 0.0816 e. The molecular formula is C26H40N2S. The SMILES string of the molecule is CC1CC2(c3ccccc3)CC(CC(C)(C)C2)C1C(=S)N1CCC(N)C(C)(C)C1. The van der Waals surface area contributed by atoms with Gasteiger partial charge >= 0.3 is 0 Å². The van der Waals surface area contributed by atoms with Crippen molar-refractivity contribution < 1.29 is 0 Å². The van der Waals surface area contributed by atoms with Crippen molar-refractivity contribution in [1.29, 1.82) is 0 Å². The molecule has 0 radical (unpaired) electrons. The number of thiocarbonyl (C=S) groups is 1. The molecule has 2 nitrogen and oxygen atoms in total. The van der Waals surface area contributed by atoms with Crippen LogP contribution in [0.2, 0.25) is 0 Å². The molecule has 4 rings (SSSR count). The Morgan fingerprint density at radius 3 is 2.41 bits per heavy atom. The van der Waals surface area contributed by atoms with Gasteiger partial charge in [0, 0.05) is 25.0 Å². The normalized spacial score (nSPS) is 38.5. The van der Waals surface area contributed by atoms with Crippen LogP contribution in [0.25, 0.3) is 0 Å². The molecule has 5 unspecified atom stereocenters. The molecule has 3 fully saturated rings. The van der Waals surface area contributed by atoms with Crippen molar-refractivity contribution in [2.75, 3.05) is 13.1 Å². The van der Waals surface area contributed by atoms with E-state index in [0.717, 1.165) is 19.5 Å². The molecule has 2 aliphatic carbocycles. The summed E-state index contributed by atoms with van der Waals surface area (Å²) in [5, 5.41) is 0. The van der Waals surface area contributed by atoms with E-state index in [2.05, 4.69) is 69.9 Å². The predicted octanol–water partition coefficient (Wildman–Crippen LogP) is 5.79. The molecule has 1 aromatic rings. The van der Waals surface area contributed by atoms with Crippen LogP contribution < -0.4 is 5.73 Å². The fraction of sp³-hybridized carbons (Fsp3) is 0.731. The van der Waals surface area contributed by atoms with Gasteiger partial charge in [-0.2, -0.15) is 0 Å². The third kappa shape index (κ3) is 3.90. The molecule has 3 heteroatoms. The van der Waals surface area contributed by atoms with Crippen LogP contribution in [0.1, 0.15) is 72.3 Å². The number of hydrogen-bond acceptors (Lipinski definition) is 2. The van der Waals surface area contributed by atoms with Gasteiger partial charge in [0.2, 0.25) is 0 Å². The molecule has 1 aromatic carbocycles. The summed E-state index contributed by atoms with van der Waals surface area (Å²) in [4.78, 5) is 3.76. The van der Waals surface area contributed by atoms with Crippen LogP contribution in [0.5, 0.6) is 0 Å². The van der Waals surface area contributed by atoms with Gasteiger partial charge in [-0.15, -0.1) is 0 Å². The fourth-order valence-corrected chi connectivity index (χ4v) is 7.89. The van der Waals surface area contributed by atoms with E-state index in [9.17, 15) is 0 Å². The maximum atomic E-state index is 6.41. The molecule has 2 N–H and O–H groups in total. The van der Waals surface area contributed by atoms with Crippen LogP contribution >= 0.6 is 12.2 Å². The van der Waals surface area contributed by atoms with Gasteiger partial charge in [-0.1, -0.05) is 77.2 Å². The molecule has 3 aliphatic rings. The summed E-state index contributed by atoms with van der Waals surface area (Å²) in [6, 6.07) is 11.6. The number of benzene rings is 1. The predicted molar refractivity (Wildman–Crippen MR) is 127 cm³/mol. The Morgan fingerprint density at radius 1 is 1.07 bits per heavy atom. The summed E-state index contributed by atoms with van der Waals surface area (Å²) >= 11 is 6.23. The van der Waals surface area contributed by atoms with E-state index in [1.807, 2.05) is 0 Å². The first-order valence-electron chi connectivity index (χ1n) is 11.6. The summed E-state index contributed by atoms with van der Waals surface area (Å²) < 4.78 is 0. The molecule has 0 aromatic heterocycles. The van der Waals surface area contributed by atoms with Crippen LogP contribution in [-0.4, -0.2) is 29.0 Å². The zero-order valence-electron chi connectivity index (χ0n) is 19.1. The highest BCUT2D eigenvalue weighted by molar-refractivity contribution is 7.80. The van der Waals surface area contributed by atoms with Crippen molar-refractivity contribution in [3.63, 3.8) is 0 Å². The van der Waals surface area contributed by atoms with E-state index in [1.165, 1.54) is 30.7 Å². The van der Waals surface area contributed by atoms with Gasteiger partial charge in [0.25, 0.3) is 0 Å². The molecule has 160 valence electrons. The molecule has 29 heavy (non-hydrogen) atoms. The monoisotopic (exact) mass is 412 g/mol. The quantitative estimate of drug-likeness (QED) is 0.623. The molecular weight excluding hydrogens is 372 g/mol. The Morgan fingerprint density at radius 2 is 1.76 bits per heavy atom. The van der Waals surface area contributed by atoms with Gasteiger partial charge in [-0.3, -0.25) is 0 Å². The second kappa shape index (κ2) is 7.34. The molecule has 2 bridgehead atoms. The third-order valence-electron chi connectivity index (χ3n) is 8.41. The average Bonchev–Trinajstić information content (AvgIpc) is 2.62. The van der Waals surface area contributed by atoms with Crippen molar-refractivity contribution in [3.05, 3.63) is 35.9 Å². The van der Waals surface area contributed by atoms with Crippen LogP contribution in [0, 0.1) is 28.6 Å². The number of nitrogens with two attached hydrogens (primary N) is 1. The minimum absolute atomic E-state index is 0.139. The zero-order chi connectivity index (χ0) is 21.0. The van der Waals surface area contributed by atoms with E-state index in [-0.39, 0.29) is 11.5 Å². The highest BCUT2D eigenvalue weighted by Crippen LogP contribution is 2.60. The first-order valence-corrected chi connectivity index (χ1v) is 12.0. The van der Waals surface area contributed by atoms with Crippen molar-refractivity contribution in [1.82, 2.24) is 4.90 Å². The largest absolute Gasteiger partial charge is 0.365 e. The Kier molecular flexibility index (Phi) is 5.39. The Bertz CT molecular complexity index is 751. The molecule has 0 spiro atoms. The molecule has 5 atom stereocenters. The van der Waals surface area contributed by atoms with Gasteiger partial charge in [0.05, 0.1) is 4.99 Å². The zero-order valence-corrected chi connectivity index (χ0v) is 19.9. The lowest BCUT2D eigenvalue weighted by molar-refractivity contribution is 0.00455. The summed E-state index contributed by atoms with van der Waals surface area (Å²) in [6.07, 6.45) is 6.21. The van der Waals surface area contributed by atoms with Gasteiger partial charge < -0.3 is 10.6 Å². The maximum absolute atomic E-state index is 6.41. The summed E-state index contributed by atoms with van der Waals surface area (Å²) in [5.41, 5.74) is 8.80. The van der Waals surface area contributed by atoms with Crippen molar-refractivity contribution in [2.24, 2.45) is 34.3 Å². The number of nitrogens with zero attached hydrogens (tertiary/aromatic N) is 1. The second-order valence-corrected chi connectivity index (χ2v) is 12.4. The third-order valence-corrected chi connectivity index (χ3v) is 8.94. The topological polar surface area (TPSA) is 29.3 Å². The van der Waals surface area contributed by atoms with Crippen molar-refractivity contribution in [2.45, 2.75) is 78.2 Å². The lowest BCUT2D eigenvalue weighted by Gasteiger charge is -2.58. The number of hydrogen-bond donors (Lipinski definition) is 1. The van der Waals surface area contributed by atoms with E-state index in [0.29, 0.717) is 28.6 Å².